The minimum atomic E-state index is 0.0187. The Bertz CT molecular complexity index is 1320. The first-order chi connectivity index (χ1) is 17.6. The number of nitrogens with one attached hydrogen (secondary N) is 1. The largest absolute Gasteiger partial charge is 0.396 e. The van der Waals surface area contributed by atoms with E-state index in [0.29, 0.717) is 6.42 Å². The third-order valence-electron chi connectivity index (χ3n) is 7.40. The van der Waals surface area contributed by atoms with Crippen molar-refractivity contribution in [2.45, 2.75) is 37.0 Å². The molecule has 2 aromatic heterocycles. The molecule has 3 aliphatic rings. The number of thiophene rings is 1. The number of fused-ring (bicyclic) bond motifs is 4. The van der Waals surface area contributed by atoms with Gasteiger partial charge in [-0.2, -0.15) is 0 Å². The maximum atomic E-state index is 13.3. The first-order valence-electron chi connectivity index (χ1n) is 12.6. The van der Waals surface area contributed by atoms with Gasteiger partial charge in [0.2, 0.25) is 5.91 Å². The summed E-state index contributed by atoms with van der Waals surface area (Å²) in [5.74, 6) is 1.08. The Labute approximate surface area is 218 Å². The van der Waals surface area contributed by atoms with Crippen molar-refractivity contribution in [1.29, 1.82) is 0 Å². The van der Waals surface area contributed by atoms with Crippen LogP contribution in [0.2, 0.25) is 0 Å². The maximum Gasteiger partial charge on any atom is 0.226 e. The van der Waals surface area contributed by atoms with Gasteiger partial charge in [0, 0.05) is 67.1 Å². The van der Waals surface area contributed by atoms with Gasteiger partial charge in [-0.05, 0) is 48.9 Å². The number of carbonyl (C=O) groups excluding carboxylic acids is 2. The number of aliphatic hydroxyl groups excluding tert-OH is 1. The molecule has 188 valence electrons. The summed E-state index contributed by atoms with van der Waals surface area (Å²) in [6.07, 6.45) is 5.33. The van der Waals surface area contributed by atoms with Gasteiger partial charge < -0.3 is 15.3 Å². The fraction of sp³-hybridized carbons (Fsp3) is 0.462. The summed E-state index contributed by atoms with van der Waals surface area (Å²) < 4.78 is 0. The lowest BCUT2D eigenvalue weighted by molar-refractivity contribution is -0.137. The summed E-state index contributed by atoms with van der Waals surface area (Å²) in [5.41, 5.74) is 3.26. The van der Waals surface area contributed by atoms with E-state index < -0.39 is 0 Å². The lowest BCUT2D eigenvalue weighted by atomic mass is 9.86. The van der Waals surface area contributed by atoms with Crippen LogP contribution >= 0.6 is 23.1 Å². The van der Waals surface area contributed by atoms with Crippen molar-refractivity contribution in [3.05, 3.63) is 40.5 Å². The van der Waals surface area contributed by atoms with Crippen LogP contribution in [0.5, 0.6) is 0 Å². The topological polar surface area (TPSA) is 98.7 Å². The van der Waals surface area contributed by atoms with E-state index in [1.165, 1.54) is 22.2 Å². The van der Waals surface area contributed by atoms with Gasteiger partial charge in [0.05, 0.1) is 5.39 Å². The molecule has 2 aliphatic heterocycles. The number of aryl methyl sites for hydroxylation is 1. The average Bonchev–Trinajstić information content (AvgIpc) is 3.46. The highest BCUT2D eigenvalue weighted by molar-refractivity contribution is 8.14. The Morgan fingerprint density at radius 3 is 2.89 bits per heavy atom. The lowest BCUT2D eigenvalue weighted by Crippen LogP contribution is -2.51. The van der Waals surface area contributed by atoms with Crippen LogP contribution < -0.4 is 5.32 Å². The van der Waals surface area contributed by atoms with E-state index in [-0.39, 0.29) is 23.5 Å². The summed E-state index contributed by atoms with van der Waals surface area (Å²) in [7, 11) is 0. The molecule has 4 heterocycles. The monoisotopic (exact) mass is 523 g/mol. The van der Waals surface area contributed by atoms with E-state index >= 15 is 0 Å². The number of thioether (sulfide) groups is 1. The Kier molecular flexibility index (Phi) is 6.68. The number of carbonyl (C=O) groups is 2. The normalized spacial score (nSPS) is 20.0. The maximum absolute atomic E-state index is 13.3. The first kappa shape index (κ1) is 23.8. The van der Waals surface area contributed by atoms with Crippen LogP contribution in [0.25, 0.3) is 10.2 Å². The molecule has 8 nitrogen and oxygen atoms in total. The molecule has 1 fully saturated rings. The molecule has 1 aromatic carbocycles. The fourth-order valence-corrected chi connectivity index (χ4v) is 7.68. The molecule has 0 saturated carbocycles. The average molecular weight is 524 g/mol. The minimum Gasteiger partial charge on any atom is -0.396 e. The van der Waals surface area contributed by atoms with Crippen LogP contribution in [0.4, 0.5) is 11.5 Å². The van der Waals surface area contributed by atoms with Crippen molar-refractivity contribution in [3.8, 4) is 0 Å². The van der Waals surface area contributed by atoms with E-state index in [1.54, 1.807) is 17.7 Å². The number of benzene rings is 1. The van der Waals surface area contributed by atoms with Crippen molar-refractivity contribution < 1.29 is 14.7 Å². The van der Waals surface area contributed by atoms with Gasteiger partial charge >= 0.3 is 0 Å². The van der Waals surface area contributed by atoms with Crippen LogP contribution in [0, 0.1) is 5.92 Å². The van der Waals surface area contributed by atoms with E-state index in [4.69, 9.17) is 5.11 Å². The van der Waals surface area contributed by atoms with E-state index in [1.807, 2.05) is 23.1 Å². The molecular formula is C26H29N5O3S2. The highest BCUT2D eigenvalue weighted by Gasteiger charge is 2.33. The quantitative estimate of drug-likeness (QED) is 0.508. The van der Waals surface area contributed by atoms with Crippen molar-refractivity contribution in [2.24, 2.45) is 5.92 Å². The van der Waals surface area contributed by atoms with Gasteiger partial charge in [-0.15, -0.1) is 11.3 Å². The summed E-state index contributed by atoms with van der Waals surface area (Å²) >= 11 is 2.98. The van der Waals surface area contributed by atoms with Gasteiger partial charge in [-0.25, -0.2) is 9.97 Å². The molecule has 1 aliphatic carbocycles. The van der Waals surface area contributed by atoms with Crippen LogP contribution in [-0.4, -0.2) is 75.2 Å². The highest BCUT2D eigenvalue weighted by Crippen LogP contribution is 2.41. The highest BCUT2D eigenvalue weighted by atomic mass is 32.2. The Morgan fingerprint density at radius 1 is 1.19 bits per heavy atom. The zero-order chi connectivity index (χ0) is 24.6. The SMILES string of the molecule is O=C1Cc2ccc(Nc3ncnc4sc5c(c34)CCC(C(=O)N3CCN(CCCO)CC3)C5)cc2S1. The third-order valence-corrected chi connectivity index (χ3v) is 9.53. The number of amides is 1. The summed E-state index contributed by atoms with van der Waals surface area (Å²) in [6.45, 7) is 4.41. The molecular weight excluding hydrogens is 494 g/mol. The molecule has 1 saturated heterocycles. The molecule has 1 amide bonds. The Morgan fingerprint density at radius 2 is 2.06 bits per heavy atom. The third kappa shape index (κ3) is 4.63. The van der Waals surface area contributed by atoms with Gasteiger partial charge in [0.25, 0.3) is 0 Å². The lowest BCUT2D eigenvalue weighted by Gasteiger charge is -2.37. The fourth-order valence-electron chi connectivity index (χ4n) is 5.48. The molecule has 36 heavy (non-hydrogen) atoms. The van der Waals surface area contributed by atoms with Crippen LogP contribution in [0.1, 0.15) is 28.8 Å². The second kappa shape index (κ2) is 10.1. The molecule has 1 atom stereocenters. The van der Waals surface area contributed by atoms with Crippen molar-refractivity contribution in [2.75, 3.05) is 44.6 Å². The molecule has 6 rings (SSSR count). The molecule has 3 aromatic rings. The molecule has 0 spiro atoms. The van der Waals surface area contributed by atoms with Gasteiger partial charge in [-0.3, -0.25) is 14.5 Å². The molecule has 0 bridgehead atoms. The second-order valence-electron chi connectivity index (χ2n) is 9.69. The number of hydrogen-bond acceptors (Lipinski definition) is 9. The number of hydrogen-bond donors (Lipinski definition) is 2. The number of nitrogens with zero attached hydrogens (tertiary/aromatic N) is 4. The number of rotatable bonds is 6. The number of piperazine rings is 1. The summed E-state index contributed by atoms with van der Waals surface area (Å²) in [5, 5.41) is 13.8. The number of anilines is 2. The molecule has 2 N–H and O–H groups in total. The van der Waals surface area contributed by atoms with E-state index in [9.17, 15) is 9.59 Å². The standard InChI is InChI=1S/C26H29N5O3S2/c32-11-1-6-30-7-9-31(10-8-30)26(34)17-3-5-19-21(12-17)36-25-23(19)24(27-15-28-25)29-18-4-2-16-13-22(33)35-20(16)14-18/h2,4,14-15,17,32H,1,3,5-13H2,(H,27,28,29). The van der Waals surface area contributed by atoms with E-state index in [2.05, 4.69) is 20.2 Å². The number of aromatic nitrogens is 2. The predicted molar refractivity (Wildman–Crippen MR) is 142 cm³/mol. The van der Waals surface area contributed by atoms with Gasteiger partial charge in [0.1, 0.15) is 17.0 Å². The zero-order valence-corrected chi connectivity index (χ0v) is 21.7. The van der Waals surface area contributed by atoms with Crippen molar-refractivity contribution >= 4 is 55.8 Å². The van der Waals surface area contributed by atoms with Crippen molar-refractivity contribution in [1.82, 2.24) is 19.8 Å². The Hall–Kier alpha value is -2.53. The smallest absolute Gasteiger partial charge is 0.226 e. The molecule has 0 radical (unpaired) electrons. The molecule has 10 heteroatoms. The first-order valence-corrected chi connectivity index (χ1v) is 14.2. The predicted octanol–water partition coefficient (Wildman–Crippen LogP) is 3.24. The van der Waals surface area contributed by atoms with Gasteiger partial charge in [-0.1, -0.05) is 17.8 Å². The van der Waals surface area contributed by atoms with Crippen molar-refractivity contribution in [3.63, 3.8) is 0 Å². The number of aliphatic hydroxyl groups is 1. The summed E-state index contributed by atoms with van der Waals surface area (Å²) in [4.78, 5) is 41.8. The summed E-state index contributed by atoms with van der Waals surface area (Å²) in [6, 6.07) is 6.04. The minimum absolute atomic E-state index is 0.0187. The van der Waals surface area contributed by atoms with Crippen LogP contribution in [0.3, 0.4) is 0 Å². The van der Waals surface area contributed by atoms with Gasteiger partial charge in [0.15, 0.2) is 5.12 Å². The van der Waals surface area contributed by atoms with Crippen LogP contribution in [0.15, 0.2) is 29.4 Å². The molecule has 1 unspecified atom stereocenters. The van der Waals surface area contributed by atoms with E-state index in [0.717, 1.165) is 90.6 Å². The van der Waals surface area contributed by atoms with Crippen LogP contribution in [-0.2, 0) is 28.9 Å². The Balaban J connectivity index is 1.17. The second-order valence-corrected chi connectivity index (χ2v) is 11.9. The zero-order valence-electron chi connectivity index (χ0n) is 20.0.